The van der Waals surface area contributed by atoms with Gasteiger partial charge in [-0.25, -0.2) is 0 Å². The van der Waals surface area contributed by atoms with Crippen molar-refractivity contribution in [2.75, 3.05) is 31.1 Å². The zero-order chi connectivity index (χ0) is 11.9. The van der Waals surface area contributed by atoms with Crippen LogP contribution in [0.15, 0.2) is 0 Å². The number of aliphatic carboxylic acids is 1. The normalized spacial score (nSPS) is 19.6. The first-order chi connectivity index (χ1) is 7.71. The van der Waals surface area contributed by atoms with Gasteiger partial charge in [0.25, 0.3) is 0 Å². The van der Waals surface area contributed by atoms with E-state index in [1.165, 1.54) is 0 Å². The van der Waals surface area contributed by atoms with Crippen LogP contribution in [0.25, 0.3) is 0 Å². The minimum absolute atomic E-state index is 0.655. The van der Waals surface area contributed by atoms with Gasteiger partial charge in [0.05, 0.1) is 0 Å². The average Bonchev–Trinajstić information content (AvgIpc) is 2.30. The molecule has 0 spiro atoms. The summed E-state index contributed by atoms with van der Waals surface area (Å²) in [4.78, 5) is 11.3. The molecule has 0 radical (unpaired) electrons. The SMILES string of the molecule is CCNCCCNC1(C(=O)O)CCSCC1. The Hall–Kier alpha value is -0.260. The van der Waals surface area contributed by atoms with Crippen LogP contribution in [0.1, 0.15) is 26.2 Å². The number of rotatable bonds is 7. The van der Waals surface area contributed by atoms with Crippen molar-refractivity contribution in [3.05, 3.63) is 0 Å². The summed E-state index contributed by atoms with van der Waals surface area (Å²) in [7, 11) is 0. The highest BCUT2D eigenvalue weighted by molar-refractivity contribution is 7.99. The van der Waals surface area contributed by atoms with Crippen LogP contribution in [0.5, 0.6) is 0 Å². The van der Waals surface area contributed by atoms with Crippen molar-refractivity contribution in [2.24, 2.45) is 0 Å². The summed E-state index contributed by atoms with van der Waals surface area (Å²) in [5.41, 5.74) is -0.655. The van der Waals surface area contributed by atoms with Gasteiger partial charge in [-0.05, 0) is 50.4 Å². The molecule has 0 unspecified atom stereocenters. The molecule has 1 saturated heterocycles. The number of carboxylic acids is 1. The van der Waals surface area contributed by atoms with E-state index in [0.29, 0.717) is 0 Å². The molecule has 4 nitrogen and oxygen atoms in total. The van der Waals surface area contributed by atoms with Crippen LogP contribution in [0.4, 0.5) is 0 Å². The molecule has 1 rings (SSSR count). The molecule has 3 N–H and O–H groups in total. The van der Waals surface area contributed by atoms with Crippen molar-refractivity contribution in [1.82, 2.24) is 10.6 Å². The third-order valence-corrected chi connectivity index (χ3v) is 3.99. The van der Waals surface area contributed by atoms with E-state index in [0.717, 1.165) is 50.4 Å². The lowest BCUT2D eigenvalue weighted by Crippen LogP contribution is -2.54. The van der Waals surface area contributed by atoms with Crippen molar-refractivity contribution in [3.8, 4) is 0 Å². The molecule has 0 amide bonds. The molecule has 5 heteroatoms. The maximum atomic E-state index is 11.3. The van der Waals surface area contributed by atoms with Crippen LogP contribution >= 0.6 is 11.8 Å². The lowest BCUT2D eigenvalue weighted by Gasteiger charge is -2.34. The van der Waals surface area contributed by atoms with Crippen molar-refractivity contribution in [3.63, 3.8) is 0 Å². The fourth-order valence-electron chi connectivity index (χ4n) is 1.90. The molecule has 1 fully saturated rings. The Balaban J connectivity index is 2.30. The predicted molar refractivity (Wildman–Crippen MR) is 68.1 cm³/mol. The highest BCUT2D eigenvalue weighted by Gasteiger charge is 2.38. The molecule has 0 aromatic carbocycles. The van der Waals surface area contributed by atoms with Crippen LogP contribution in [-0.4, -0.2) is 47.8 Å². The first-order valence-electron chi connectivity index (χ1n) is 5.98. The van der Waals surface area contributed by atoms with Gasteiger partial charge in [0, 0.05) is 0 Å². The molecule has 0 aromatic heterocycles. The van der Waals surface area contributed by atoms with Crippen molar-refractivity contribution in [1.29, 1.82) is 0 Å². The van der Waals surface area contributed by atoms with Crippen LogP contribution in [-0.2, 0) is 4.79 Å². The Morgan fingerprint density at radius 2 is 2.06 bits per heavy atom. The van der Waals surface area contributed by atoms with Gasteiger partial charge in [0.1, 0.15) is 5.54 Å². The molecule has 16 heavy (non-hydrogen) atoms. The van der Waals surface area contributed by atoms with E-state index in [4.69, 9.17) is 0 Å². The van der Waals surface area contributed by atoms with E-state index in [-0.39, 0.29) is 0 Å². The standard InChI is InChI=1S/C11H22N2O2S/c1-2-12-6-3-7-13-11(10(14)15)4-8-16-9-5-11/h12-13H,2-9H2,1H3,(H,14,15). The zero-order valence-electron chi connectivity index (χ0n) is 9.92. The maximum Gasteiger partial charge on any atom is 0.323 e. The molecule has 1 aliphatic rings. The monoisotopic (exact) mass is 246 g/mol. The largest absolute Gasteiger partial charge is 0.480 e. The van der Waals surface area contributed by atoms with Gasteiger partial charge in [-0.3, -0.25) is 4.79 Å². The molecule has 0 saturated carbocycles. The highest BCUT2D eigenvalue weighted by atomic mass is 32.2. The van der Waals surface area contributed by atoms with Gasteiger partial charge in [-0.1, -0.05) is 6.92 Å². The minimum Gasteiger partial charge on any atom is -0.480 e. The first-order valence-corrected chi connectivity index (χ1v) is 7.13. The molecule has 94 valence electrons. The van der Waals surface area contributed by atoms with E-state index >= 15 is 0 Å². The molecule has 0 bridgehead atoms. The first kappa shape index (κ1) is 13.8. The Labute approximate surface area is 102 Å². The second-order valence-electron chi connectivity index (χ2n) is 4.13. The summed E-state index contributed by atoms with van der Waals surface area (Å²) in [5, 5.41) is 15.8. The summed E-state index contributed by atoms with van der Waals surface area (Å²) in [6.07, 6.45) is 2.47. The Morgan fingerprint density at radius 3 is 2.62 bits per heavy atom. The van der Waals surface area contributed by atoms with Gasteiger partial charge >= 0.3 is 5.97 Å². The zero-order valence-corrected chi connectivity index (χ0v) is 10.7. The van der Waals surface area contributed by atoms with Gasteiger partial charge in [-0.15, -0.1) is 0 Å². The molecular weight excluding hydrogens is 224 g/mol. The number of hydrogen-bond donors (Lipinski definition) is 3. The van der Waals surface area contributed by atoms with E-state index in [2.05, 4.69) is 17.6 Å². The van der Waals surface area contributed by atoms with Crippen molar-refractivity contribution in [2.45, 2.75) is 31.7 Å². The molecular formula is C11H22N2O2S. The quantitative estimate of drug-likeness (QED) is 0.583. The second kappa shape index (κ2) is 7.14. The average molecular weight is 246 g/mol. The fraction of sp³-hybridized carbons (Fsp3) is 0.909. The van der Waals surface area contributed by atoms with Crippen LogP contribution in [0.3, 0.4) is 0 Å². The van der Waals surface area contributed by atoms with Crippen molar-refractivity contribution >= 4 is 17.7 Å². The predicted octanol–water partition coefficient (Wildman–Crippen LogP) is 0.926. The summed E-state index contributed by atoms with van der Waals surface area (Å²) in [5.74, 6) is 1.22. The van der Waals surface area contributed by atoms with E-state index in [9.17, 15) is 9.90 Å². The van der Waals surface area contributed by atoms with Gasteiger partial charge in [0.15, 0.2) is 0 Å². The second-order valence-corrected chi connectivity index (χ2v) is 5.36. The molecule has 0 atom stereocenters. The van der Waals surface area contributed by atoms with Crippen LogP contribution < -0.4 is 10.6 Å². The number of carbonyl (C=O) groups is 1. The molecule has 1 aliphatic heterocycles. The van der Waals surface area contributed by atoms with Gasteiger partial charge in [-0.2, -0.15) is 11.8 Å². The molecule has 1 heterocycles. The van der Waals surface area contributed by atoms with Gasteiger partial charge < -0.3 is 15.7 Å². The lowest BCUT2D eigenvalue weighted by molar-refractivity contribution is -0.145. The van der Waals surface area contributed by atoms with E-state index in [1.807, 2.05) is 11.8 Å². The fourth-order valence-corrected chi connectivity index (χ4v) is 3.09. The summed E-state index contributed by atoms with van der Waals surface area (Å²) >= 11 is 1.85. The van der Waals surface area contributed by atoms with E-state index < -0.39 is 11.5 Å². The Kier molecular flexibility index (Phi) is 6.16. The number of nitrogens with one attached hydrogen (secondary N) is 2. The number of hydrogen-bond acceptors (Lipinski definition) is 4. The Bertz CT molecular complexity index is 218. The Morgan fingerprint density at radius 1 is 1.38 bits per heavy atom. The maximum absolute atomic E-state index is 11.3. The topological polar surface area (TPSA) is 61.4 Å². The third kappa shape index (κ3) is 3.96. The minimum atomic E-state index is -0.684. The number of carboxylic acid groups (broad SMARTS) is 1. The summed E-state index contributed by atoms with van der Waals surface area (Å²) < 4.78 is 0. The third-order valence-electron chi connectivity index (χ3n) is 3.00. The smallest absolute Gasteiger partial charge is 0.323 e. The lowest BCUT2D eigenvalue weighted by atomic mass is 9.92. The van der Waals surface area contributed by atoms with E-state index in [1.54, 1.807) is 0 Å². The molecule has 0 aromatic rings. The summed E-state index contributed by atoms with van der Waals surface area (Å²) in [6, 6.07) is 0. The van der Waals surface area contributed by atoms with Gasteiger partial charge in [0.2, 0.25) is 0 Å². The number of thioether (sulfide) groups is 1. The summed E-state index contributed by atoms with van der Waals surface area (Å²) in [6.45, 7) is 4.78. The van der Waals surface area contributed by atoms with Crippen molar-refractivity contribution < 1.29 is 9.90 Å². The highest BCUT2D eigenvalue weighted by Crippen LogP contribution is 2.27. The van der Waals surface area contributed by atoms with Crippen LogP contribution in [0.2, 0.25) is 0 Å². The molecule has 0 aliphatic carbocycles. The van der Waals surface area contributed by atoms with Crippen LogP contribution in [0, 0.1) is 0 Å².